The van der Waals surface area contributed by atoms with Crippen molar-refractivity contribution in [1.29, 1.82) is 0 Å². The number of rotatable bonds is 2. The summed E-state index contributed by atoms with van der Waals surface area (Å²) in [5, 5.41) is 2.36. The first-order valence-electron chi connectivity index (χ1n) is 5.19. The lowest BCUT2D eigenvalue weighted by Gasteiger charge is -2.07. The normalized spacial score (nSPS) is 11.2. The molecule has 2 rings (SSSR count). The zero-order valence-electron chi connectivity index (χ0n) is 9.65. The summed E-state index contributed by atoms with van der Waals surface area (Å²) in [6, 6.07) is 4.29. The number of anilines is 1. The lowest BCUT2D eigenvalue weighted by Crippen LogP contribution is -2.17. The molecular weight excluding hydrogens is 297 g/mol. The third-order valence-electron chi connectivity index (χ3n) is 2.15. The van der Waals surface area contributed by atoms with E-state index >= 15 is 0 Å². The van der Waals surface area contributed by atoms with E-state index in [2.05, 4.69) is 20.3 Å². The van der Waals surface area contributed by atoms with Crippen LogP contribution in [-0.2, 0) is 6.18 Å². The lowest BCUT2D eigenvalue weighted by molar-refractivity contribution is -0.141. The molecule has 104 valence electrons. The molecule has 0 saturated carbocycles. The highest BCUT2D eigenvalue weighted by atomic mass is 35.5. The van der Waals surface area contributed by atoms with Gasteiger partial charge in [-0.15, -0.1) is 0 Å². The Morgan fingerprint density at radius 1 is 1.25 bits per heavy atom. The second-order valence-electron chi connectivity index (χ2n) is 3.59. The molecule has 0 aliphatic carbocycles. The van der Waals surface area contributed by atoms with Crippen LogP contribution in [0.25, 0.3) is 0 Å². The highest BCUT2D eigenvalue weighted by molar-refractivity contribution is 6.29. The first kappa shape index (κ1) is 14.2. The van der Waals surface area contributed by atoms with E-state index in [-0.39, 0.29) is 16.7 Å². The van der Waals surface area contributed by atoms with E-state index in [1.54, 1.807) is 0 Å². The number of aromatic nitrogens is 3. The zero-order chi connectivity index (χ0) is 14.8. The Bertz CT molecular complexity index is 648. The Morgan fingerprint density at radius 2 is 2.00 bits per heavy atom. The summed E-state index contributed by atoms with van der Waals surface area (Å²) in [5.74, 6) is -0.764. The van der Waals surface area contributed by atoms with Gasteiger partial charge < -0.3 is 5.32 Å². The van der Waals surface area contributed by atoms with E-state index in [4.69, 9.17) is 11.6 Å². The van der Waals surface area contributed by atoms with Gasteiger partial charge in [0.2, 0.25) is 0 Å². The summed E-state index contributed by atoms with van der Waals surface area (Å²) in [6.07, 6.45) is -3.51. The number of amides is 1. The molecule has 0 radical (unpaired) electrons. The largest absolute Gasteiger partial charge is 0.433 e. The molecule has 5 nitrogen and oxygen atoms in total. The predicted molar refractivity (Wildman–Crippen MR) is 64.2 cm³/mol. The molecule has 20 heavy (non-hydrogen) atoms. The van der Waals surface area contributed by atoms with E-state index < -0.39 is 17.8 Å². The molecule has 2 aromatic rings. The van der Waals surface area contributed by atoms with Crippen molar-refractivity contribution < 1.29 is 18.0 Å². The topological polar surface area (TPSA) is 67.8 Å². The molecular formula is C11H6ClF3N4O. The Morgan fingerprint density at radius 3 is 2.65 bits per heavy atom. The van der Waals surface area contributed by atoms with Crippen molar-refractivity contribution in [2.45, 2.75) is 6.18 Å². The highest BCUT2D eigenvalue weighted by Crippen LogP contribution is 2.27. The Hall–Kier alpha value is -2.22. The Balaban J connectivity index is 2.22. The Kier molecular flexibility index (Phi) is 3.84. The summed E-state index contributed by atoms with van der Waals surface area (Å²) in [5.41, 5.74) is -1.53. The summed E-state index contributed by atoms with van der Waals surface area (Å²) >= 11 is 5.59. The van der Waals surface area contributed by atoms with Gasteiger partial charge >= 0.3 is 6.18 Å². The van der Waals surface area contributed by atoms with Crippen LogP contribution in [0.5, 0.6) is 0 Å². The molecule has 0 aliphatic heterocycles. The second kappa shape index (κ2) is 5.41. The van der Waals surface area contributed by atoms with Crippen molar-refractivity contribution in [2.24, 2.45) is 0 Å². The van der Waals surface area contributed by atoms with Crippen LogP contribution >= 0.6 is 11.6 Å². The smallest absolute Gasteiger partial charge is 0.305 e. The number of nitrogens with zero attached hydrogens (tertiary/aromatic N) is 3. The summed E-state index contributed by atoms with van der Waals surface area (Å²) < 4.78 is 37.4. The first-order chi connectivity index (χ1) is 9.36. The van der Waals surface area contributed by atoms with Crippen LogP contribution in [-0.4, -0.2) is 20.9 Å². The molecule has 0 spiro atoms. The van der Waals surface area contributed by atoms with Crippen LogP contribution in [0.2, 0.25) is 5.15 Å². The van der Waals surface area contributed by atoms with Gasteiger partial charge in [0, 0.05) is 6.07 Å². The van der Waals surface area contributed by atoms with Crippen LogP contribution in [0.15, 0.2) is 30.6 Å². The van der Waals surface area contributed by atoms with E-state index in [0.717, 1.165) is 24.5 Å². The lowest BCUT2D eigenvalue weighted by atomic mass is 10.3. The number of hydrogen-bond acceptors (Lipinski definition) is 4. The van der Waals surface area contributed by atoms with Crippen LogP contribution in [0, 0.1) is 0 Å². The quantitative estimate of drug-likeness (QED) is 0.866. The second-order valence-corrected chi connectivity index (χ2v) is 3.97. The van der Waals surface area contributed by atoms with E-state index in [9.17, 15) is 18.0 Å². The van der Waals surface area contributed by atoms with Crippen molar-refractivity contribution in [3.8, 4) is 0 Å². The maximum atomic E-state index is 12.5. The van der Waals surface area contributed by atoms with E-state index in [1.165, 1.54) is 6.07 Å². The number of hydrogen-bond donors (Lipinski definition) is 1. The molecule has 0 fully saturated rings. The van der Waals surface area contributed by atoms with E-state index in [1.807, 2.05) is 0 Å². The fraction of sp³-hybridized carbons (Fsp3) is 0.0909. The van der Waals surface area contributed by atoms with Gasteiger partial charge in [-0.05, 0) is 12.1 Å². The summed E-state index contributed by atoms with van der Waals surface area (Å²) in [7, 11) is 0. The maximum absolute atomic E-state index is 12.5. The van der Waals surface area contributed by atoms with Gasteiger partial charge in [0.05, 0.1) is 0 Å². The minimum atomic E-state index is -4.62. The number of nitrogens with one attached hydrogen (secondary N) is 1. The van der Waals surface area contributed by atoms with Gasteiger partial charge in [-0.25, -0.2) is 15.0 Å². The first-order valence-corrected chi connectivity index (χ1v) is 5.57. The summed E-state index contributed by atoms with van der Waals surface area (Å²) in [4.78, 5) is 22.3. The molecule has 1 N–H and O–H groups in total. The van der Waals surface area contributed by atoms with Crippen molar-refractivity contribution in [3.63, 3.8) is 0 Å². The van der Waals surface area contributed by atoms with Gasteiger partial charge in [0.15, 0.2) is 0 Å². The Labute approximate surface area is 115 Å². The fourth-order valence-corrected chi connectivity index (χ4v) is 1.45. The maximum Gasteiger partial charge on any atom is 0.433 e. The van der Waals surface area contributed by atoms with Crippen LogP contribution in [0.3, 0.4) is 0 Å². The molecule has 2 aromatic heterocycles. The van der Waals surface area contributed by atoms with Gasteiger partial charge in [0.25, 0.3) is 5.91 Å². The van der Waals surface area contributed by atoms with Crippen LogP contribution in [0.4, 0.5) is 19.0 Å². The molecule has 0 bridgehead atoms. The molecule has 0 unspecified atom stereocenters. The molecule has 2 heterocycles. The monoisotopic (exact) mass is 302 g/mol. The molecule has 1 amide bonds. The van der Waals surface area contributed by atoms with Crippen molar-refractivity contribution in [2.75, 3.05) is 5.32 Å². The third kappa shape index (κ3) is 3.41. The molecule has 0 atom stereocenters. The number of carbonyl (C=O) groups excluding carboxylic acids is 1. The zero-order valence-corrected chi connectivity index (χ0v) is 10.4. The number of alkyl halides is 3. The van der Waals surface area contributed by atoms with Gasteiger partial charge in [-0.2, -0.15) is 13.2 Å². The highest BCUT2D eigenvalue weighted by Gasteiger charge is 2.32. The molecule has 0 aliphatic rings. The SMILES string of the molecule is O=C(Nc1cc(Cl)ncn1)c1cccc(C(F)(F)F)n1. The van der Waals surface area contributed by atoms with Gasteiger partial charge in [0.1, 0.15) is 28.7 Å². The molecule has 0 aromatic carbocycles. The molecule has 0 saturated heterocycles. The fourth-order valence-electron chi connectivity index (χ4n) is 1.30. The van der Waals surface area contributed by atoms with Crippen molar-refractivity contribution in [1.82, 2.24) is 15.0 Å². The minimum absolute atomic E-state index is 0.0641. The number of pyridine rings is 1. The predicted octanol–water partition coefficient (Wildman–Crippen LogP) is 2.80. The summed E-state index contributed by atoms with van der Waals surface area (Å²) in [6.45, 7) is 0. The van der Waals surface area contributed by atoms with Gasteiger partial charge in [-0.3, -0.25) is 4.79 Å². The van der Waals surface area contributed by atoms with E-state index in [0.29, 0.717) is 0 Å². The average Bonchev–Trinajstić information content (AvgIpc) is 2.38. The molecule has 9 heteroatoms. The van der Waals surface area contributed by atoms with Crippen molar-refractivity contribution >= 4 is 23.3 Å². The average molecular weight is 303 g/mol. The third-order valence-corrected chi connectivity index (χ3v) is 2.35. The van der Waals surface area contributed by atoms with Gasteiger partial charge in [-0.1, -0.05) is 17.7 Å². The van der Waals surface area contributed by atoms with Crippen LogP contribution in [0.1, 0.15) is 16.2 Å². The number of carbonyl (C=O) groups is 1. The number of halogens is 4. The van der Waals surface area contributed by atoms with Crippen LogP contribution < -0.4 is 5.32 Å². The standard InChI is InChI=1S/C11H6ClF3N4O/c12-8-4-9(17-5-16-8)19-10(20)6-2-1-3-7(18-6)11(13,14)15/h1-5H,(H,16,17,19,20). The van der Waals surface area contributed by atoms with Crippen molar-refractivity contribution in [3.05, 3.63) is 47.1 Å². The minimum Gasteiger partial charge on any atom is -0.305 e.